The Kier molecular flexibility index (Phi) is 7.73. The zero-order valence-corrected chi connectivity index (χ0v) is 18.6. The Labute approximate surface area is 198 Å². The Morgan fingerprint density at radius 3 is 2.17 bits per heavy atom. The lowest BCUT2D eigenvalue weighted by Crippen LogP contribution is -2.65. The highest BCUT2D eigenvalue weighted by Gasteiger charge is 2.51. The largest absolute Gasteiger partial charge is 0.462 e. The standard InChI is InChI=1S/C22H28O13/c1-8-4-14(25)32-11-5-9(2-3-10(8)11)31-21-19(30)17(28)20(13(7-24)34-21)35-22-18(29)16(27)15(26)12(6-23)33-22/h2-5,12-13,15-24,26-30H,6-7H2,1H3/t12-,13-,15+,16+,17-,18+,19+,20+,21+,22-/m0/s1. The lowest BCUT2D eigenvalue weighted by molar-refractivity contribution is -0.352. The van der Waals surface area contributed by atoms with Gasteiger partial charge in [-0.25, -0.2) is 4.79 Å². The van der Waals surface area contributed by atoms with Gasteiger partial charge in [0.15, 0.2) is 6.29 Å². The van der Waals surface area contributed by atoms with Crippen LogP contribution in [-0.4, -0.2) is 110 Å². The Hall–Kier alpha value is -2.17. The molecule has 35 heavy (non-hydrogen) atoms. The molecule has 4 rings (SSSR count). The summed E-state index contributed by atoms with van der Waals surface area (Å²) in [7, 11) is 0. The molecule has 2 saturated heterocycles. The third-order valence-electron chi connectivity index (χ3n) is 6.14. The first kappa shape index (κ1) is 25.9. The second kappa shape index (κ2) is 10.4. The molecule has 1 aromatic carbocycles. The topological polar surface area (TPSA) is 209 Å². The molecular weight excluding hydrogens is 472 g/mol. The highest BCUT2D eigenvalue weighted by molar-refractivity contribution is 5.81. The Bertz CT molecular complexity index is 1070. The van der Waals surface area contributed by atoms with Gasteiger partial charge in [0.05, 0.1) is 13.2 Å². The maximum atomic E-state index is 11.7. The van der Waals surface area contributed by atoms with Crippen LogP contribution in [0.15, 0.2) is 33.5 Å². The maximum absolute atomic E-state index is 11.7. The third-order valence-corrected chi connectivity index (χ3v) is 6.14. The van der Waals surface area contributed by atoms with Gasteiger partial charge in [0.25, 0.3) is 0 Å². The summed E-state index contributed by atoms with van der Waals surface area (Å²) in [4.78, 5) is 11.7. The van der Waals surface area contributed by atoms with E-state index in [1.165, 1.54) is 12.1 Å². The SMILES string of the molecule is Cc1cc(=O)oc2cc(O[C@@H]3O[C@@H](CO)[C@@H](O[C@@H]4O[C@@H](CO)[C@@H](O)[C@@H](O)[C@H]4O)[C@@H](O)[C@H]3O)ccc12. The van der Waals surface area contributed by atoms with Gasteiger partial charge in [0.2, 0.25) is 6.29 Å². The Morgan fingerprint density at radius 2 is 1.49 bits per heavy atom. The van der Waals surface area contributed by atoms with Crippen molar-refractivity contribution in [3.63, 3.8) is 0 Å². The number of hydrogen-bond acceptors (Lipinski definition) is 13. The monoisotopic (exact) mass is 500 g/mol. The van der Waals surface area contributed by atoms with Crippen molar-refractivity contribution in [3.05, 3.63) is 40.2 Å². The fraction of sp³-hybridized carbons (Fsp3) is 0.591. The van der Waals surface area contributed by atoms with Gasteiger partial charge in [0, 0.05) is 17.5 Å². The molecule has 1 aromatic heterocycles. The number of aliphatic hydroxyl groups is 7. The summed E-state index contributed by atoms with van der Waals surface area (Å²) in [6.45, 7) is 0.352. The summed E-state index contributed by atoms with van der Waals surface area (Å²) in [6.07, 6.45) is -15.6. The van der Waals surface area contributed by atoms with Crippen LogP contribution < -0.4 is 10.4 Å². The van der Waals surface area contributed by atoms with Crippen LogP contribution in [0, 0.1) is 6.92 Å². The second-order valence-corrected chi connectivity index (χ2v) is 8.53. The zero-order chi connectivity index (χ0) is 25.4. The van der Waals surface area contributed by atoms with E-state index in [4.69, 9.17) is 23.4 Å². The minimum absolute atomic E-state index is 0.146. The van der Waals surface area contributed by atoms with E-state index in [2.05, 4.69) is 0 Å². The highest BCUT2D eigenvalue weighted by atomic mass is 16.7. The van der Waals surface area contributed by atoms with Gasteiger partial charge in [-0.15, -0.1) is 0 Å². The molecule has 2 aliphatic heterocycles. The molecule has 0 aliphatic carbocycles. The average Bonchev–Trinajstić information content (AvgIpc) is 2.83. The van der Waals surface area contributed by atoms with Gasteiger partial charge in [-0.05, 0) is 24.6 Å². The molecule has 13 heteroatoms. The van der Waals surface area contributed by atoms with Gasteiger partial charge in [-0.3, -0.25) is 0 Å². The summed E-state index contributed by atoms with van der Waals surface area (Å²) in [5, 5.41) is 71.1. The van der Waals surface area contributed by atoms with Crippen molar-refractivity contribution in [1.29, 1.82) is 0 Å². The van der Waals surface area contributed by atoms with Crippen LogP contribution in [0.4, 0.5) is 0 Å². The van der Waals surface area contributed by atoms with Crippen LogP contribution in [0.3, 0.4) is 0 Å². The molecule has 0 saturated carbocycles. The molecule has 2 aromatic rings. The fourth-order valence-electron chi connectivity index (χ4n) is 4.17. The third kappa shape index (κ3) is 5.06. The zero-order valence-electron chi connectivity index (χ0n) is 18.6. The van der Waals surface area contributed by atoms with Crippen molar-refractivity contribution in [3.8, 4) is 5.75 Å². The van der Waals surface area contributed by atoms with E-state index in [1.54, 1.807) is 19.1 Å². The quantitative estimate of drug-likeness (QED) is 0.199. The van der Waals surface area contributed by atoms with Crippen LogP contribution in [-0.2, 0) is 14.2 Å². The first-order chi connectivity index (χ1) is 16.6. The molecular formula is C22H28O13. The van der Waals surface area contributed by atoms with Gasteiger partial charge in [-0.2, -0.15) is 0 Å². The summed E-state index contributed by atoms with van der Waals surface area (Å²) >= 11 is 0. The number of rotatable bonds is 6. The molecule has 10 atom stereocenters. The van der Waals surface area contributed by atoms with Gasteiger partial charge in [0.1, 0.15) is 60.2 Å². The van der Waals surface area contributed by atoms with Crippen molar-refractivity contribution in [1.82, 2.24) is 0 Å². The first-order valence-electron chi connectivity index (χ1n) is 10.9. The van der Waals surface area contributed by atoms with E-state index in [0.29, 0.717) is 10.9 Å². The maximum Gasteiger partial charge on any atom is 0.336 e. The molecule has 0 radical (unpaired) electrons. The number of benzene rings is 1. The summed E-state index contributed by atoms with van der Waals surface area (Å²) < 4.78 is 27.1. The van der Waals surface area contributed by atoms with E-state index in [1.807, 2.05) is 0 Å². The van der Waals surface area contributed by atoms with Crippen LogP contribution in [0.5, 0.6) is 5.75 Å². The van der Waals surface area contributed by atoms with Gasteiger partial charge >= 0.3 is 5.63 Å². The molecule has 0 unspecified atom stereocenters. The highest BCUT2D eigenvalue weighted by Crippen LogP contribution is 2.31. The van der Waals surface area contributed by atoms with E-state index < -0.39 is 80.3 Å². The minimum Gasteiger partial charge on any atom is -0.462 e. The summed E-state index contributed by atoms with van der Waals surface area (Å²) in [5.74, 6) is 0.146. The Morgan fingerprint density at radius 1 is 0.829 bits per heavy atom. The molecule has 0 amide bonds. The average molecular weight is 500 g/mol. The van der Waals surface area contributed by atoms with Crippen molar-refractivity contribution in [2.24, 2.45) is 0 Å². The van der Waals surface area contributed by atoms with Crippen LogP contribution in [0.25, 0.3) is 11.0 Å². The van der Waals surface area contributed by atoms with Gasteiger partial charge in [-0.1, -0.05) is 0 Å². The molecule has 2 aliphatic rings. The second-order valence-electron chi connectivity index (χ2n) is 8.53. The van der Waals surface area contributed by atoms with E-state index in [-0.39, 0.29) is 11.3 Å². The van der Waals surface area contributed by atoms with Crippen molar-refractivity contribution in [2.45, 2.75) is 68.3 Å². The Balaban J connectivity index is 1.50. The number of hydrogen-bond donors (Lipinski definition) is 7. The van der Waals surface area contributed by atoms with Crippen molar-refractivity contribution >= 4 is 11.0 Å². The molecule has 3 heterocycles. The predicted octanol–water partition coefficient (Wildman–Crippen LogP) is -2.90. The molecule has 194 valence electrons. The number of aliphatic hydroxyl groups excluding tert-OH is 7. The predicted molar refractivity (Wildman–Crippen MR) is 114 cm³/mol. The lowest BCUT2D eigenvalue weighted by atomic mass is 9.97. The molecule has 0 bridgehead atoms. The number of aryl methyl sites for hydroxylation is 1. The van der Waals surface area contributed by atoms with Crippen LogP contribution >= 0.6 is 0 Å². The molecule has 13 nitrogen and oxygen atoms in total. The van der Waals surface area contributed by atoms with E-state index in [9.17, 15) is 40.5 Å². The molecule has 2 fully saturated rings. The normalized spacial score (nSPS) is 37.9. The van der Waals surface area contributed by atoms with E-state index >= 15 is 0 Å². The number of fused-ring (bicyclic) bond motifs is 1. The van der Waals surface area contributed by atoms with Crippen molar-refractivity contribution in [2.75, 3.05) is 13.2 Å². The smallest absolute Gasteiger partial charge is 0.336 e. The number of ether oxygens (including phenoxy) is 4. The fourth-order valence-corrected chi connectivity index (χ4v) is 4.17. The molecule has 7 N–H and O–H groups in total. The summed E-state index contributed by atoms with van der Waals surface area (Å²) in [6, 6.07) is 5.94. The minimum atomic E-state index is -1.76. The molecule has 0 spiro atoms. The van der Waals surface area contributed by atoms with E-state index in [0.717, 1.165) is 0 Å². The van der Waals surface area contributed by atoms with Crippen LogP contribution in [0.1, 0.15) is 5.56 Å². The lowest BCUT2D eigenvalue weighted by Gasteiger charge is -2.45. The van der Waals surface area contributed by atoms with Gasteiger partial charge < -0.3 is 59.1 Å². The summed E-state index contributed by atoms with van der Waals surface area (Å²) in [5.41, 5.74) is 0.381. The first-order valence-corrected chi connectivity index (χ1v) is 10.9. The van der Waals surface area contributed by atoms with Crippen LogP contribution in [0.2, 0.25) is 0 Å². The van der Waals surface area contributed by atoms with Crippen molar-refractivity contribution < 1.29 is 59.1 Å².